The average Bonchev–Trinajstić information content (AvgIpc) is 3.02. The van der Waals surface area contributed by atoms with E-state index in [4.69, 9.17) is 0 Å². The predicted molar refractivity (Wildman–Crippen MR) is 95.8 cm³/mol. The van der Waals surface area contributed by atoms with Gasteiger partial charge in [-0.15, -0.1) is 0 Å². The van der Waals surface area contributed by atoms with E-state index in [0.717, 1.165) is 71.0 Å². The summed E-state index contributed by atoms with van der Waals surface area (Å²) >= 11 is 0. The number of likely N-dealkylation sites (tertiary alicyclic amines) is 2. The molecule has 3 aliphatic rings. The molecule has 1 N–H and O–H groups in total. The fraction of sp³-hybridized carbons (Fsp3) is 0.700. The van der Waals surface area contributed by atoms with Crippen LogP contribution in [0.5, 0.6) is 0 Å². The number of carbonyl (C=O) groups is 1. The van der Waals surface area contributed by atoms with E-state index in [1.165, 1.54) is 5.56 Å². The number of nitrogens with zero attached hydrogens (tertiary/aromatic N) is 3. The first-order valence-corrected chi connectivity index (χ1v) is 9.82. The Morgan fingerprint density at radius 3 is 2.64 bits per heavy atom. The fourth-order valence-corrected chi connectivity index (χ4v) is 5.14. The van der Waals surface area contributed by atoms with Crippen LogP contribution in [-0.4, -0.2) is 56.6 Å². The molecular weight excluding hydrogens is 314 g/mol. The Bertz CT molecular complexity index is 600. The van der Waals surface area contributed by atoms with Gasteiger partial charge in [-0.2, -0.15) is 0 Å². The SMILES string of the molecule is O=C1N(C2CCC(O)CC2)CCCC12CCCN2Cc1cccnc1. The van der Waals surface area contributed by atoms with E-state index >= 15 is 0 Å². The zero-order chi connectivity index (χ0) is 17.3. The number of hydrogen-bond acceptors (Lipinski definition) is 4. The lowest BCUT2D eigenvalue weighted by molar-refractivity contribution is -0.152. The van der Waals surface area contributed by atoms with Crippen molar-refractivity contribution < 1.29 is 9.90 Å². The van der Waals surface area contributed by atoms with Gasteiger partial charge >= 0.3 is 0 Å². The minimum atomic E-state index is -0.301. The van der Waals surface area contributed by atoms with Crippen LogP contribution in [0.25, 0.3) is 0 Å². The molecule has 2 aliphatic heterocycles. The summed E-state index contributed by atoms with van der Waals surface area (Å²) in [4.78, 5) is 22.3. The van der Waals surface area contributed by atoms with Crippen molar-refractivity contribution in [2.24, 2.45) is 0 Å². The Balaban J connectivity index is 1.52. The second-order valence-corrected chi connectivity index (χ2v) is 7.98. The molecule has 3 heterocycles. The third kappa shape index (κ3) is 3.20. The first-order chi connectivity index (χ1) is 12.2. The highest BCUT2D eigenvalue weighted by Gasteiger charge is 2.51. The standard InChI is InChI=1S/C20H29N3O2/c24-18-7-5-17(6-8-18)23-13-3-10-20(19(23)25)9-2-12-22(20)15-16-4-1-11-21-14-16/h1,4,11,14,17-18,24H,2-3,5-10,12-13,15H2. The number of amides is 1. The molecule has 4 rings (SSSR count). The Hall–Kier alpha value is -1.46. The number of carbonyl (C=O) groups excluding carboxylic acids is 1. The Labute approximate surface area is 150 Å². The first-order valence-electron chi connectivity index (χ1n) is 9.82. The van der Waals surface area contributed by atoms with Gasteiger partial charge in [0.2, 0.25) is 5.91 Å². The summed E-state index contributed by atoms with van der Waals surface area (Å²) in [6.07, 6.45) is 11.3. The van der Waals surface area contributed by atoms with Gasteiger partial charge in [0.25, 0.3) is 0 Å². The summed E-state index contributed by atoms with van der Waals surface area (Å²) in [5.74, 6) is 0.349. The highest BCUT2D eigenvalue weighted by molar-refractivity contribution is 5.87. The molecule has 5 nitrogen and oxygen atoms in total. The molecule has 1 aromatic heterocycles. The zero-order valence-electron chi connectivity index (χ0n) is 14.9. The van der Waals surface area contributed by atoms with Gasteiger partial charge in [-0.3, -0.25) is 14.7 Å². The quantitative estimate of drug-likeness (QED) is 0.915. The summed E-state index contributed by atoms with van der Waals surface area (Å²) in [6, 6.07) is 4.40. The average molecular weight is 343 g/mol. The van der Waals surface area contributed by atoms with Crippen LogP contribution in [0, 0.1) is 0 Å². The van der Waals surface area contributed by atoms with Gasteiger partial charge in [0.15, 0.2) is 0 Å². The molecule has 1 unspecified atom stereocenters. The molecule has 3 fully saturated rings. The van der Waals surface area contributed by atoms with E-state index in [9.17, 15) is 9.90 Å². The molecule has 2 saturated heterocycles. The minimum Gasteiger partial charge on any atom is -0.393 e. The molecule has 0 bridgehead atoms. The largest absolute Gasteiger partial charge is 0.393 e. The lowest BCUT2D eigenvalue weighted by Gasteiger charge is -2.48. The summed E-state index contributed by atoms with van der Waals surface area (Å²) in [5, 5.41) is 9.78. The van der Waals surface area contributed by atoms with Crippen LogP contribution >= 0.6 is 0 Å². The molecule has 1 aromatic rings. The van der Waals surface area contributed by atoms with Crippen LogP contribution in [0.15, 0.2) is 24.5 Å². The second-order valence-electron chi connectivity index (χ2n) is 7.98. The maximum atomic E-state index is 13.5. The monoisotopic (exact) mass is 343 g/mol. The number of piperidine rings is 1. The highest BCUT2D eigenvalue weighted by Crippen LogP contribution is 2.41. The maximum absolute atomic E-state index is 13.5. The lowest BCUT2D eigenvalue weighted by atomic mass is 9.82. The molecule has 0 radical (unpaired) electrons. The summed E-state index contributed by atoms with van der Waals surface area (Å²) in [6.45, 7) is 2.71. The smallest absolute Gasteiger partial charge is 0.243 e. The Morgan fingerprint density at radius 1 is 1.16 bits per heavy atom. The molecule has 25 heavy (non-hydrogen) atoms. The van der Waals surface area contributed by atoms with E-state index in [0.29, 0.717) is 11.9 Å². The predicted octanol–water partition coefficient (Wildman–Crippen LogP) is 2.34. The molecular formula is C20H29N3O2. The number of rotatable bonds is 3. The Kier molecular flexibility index (Phi) is 4.78. The Morgan fingerprint density at radius 2 is 1.92 bits per heavy atom. The van der Waals surface area contributed by atoms with Crippen LogP contribution in [0.4, 0.5) is 0 Å². The molecule has 1 spiro atoms. The number of pyridine rings is 1. The van der Waals surface area contributed by atoms with Gasteiger partial charge in [0.05, 0.1) is 6.10 Å². The minimum absolute atomic E-state index is 0.168. The number of aliphatic hydroxyl groups is 1. The van der Waals surface area contributed by atoms with Crippen molar-refractivity contribution in [1.29, 1.82) is 0 Å². The topological polar surface area (TPSA) is 56.7 Å². The van der Waals surface area contributed by atoms with Crippen LogP contribution < -0.4 is 0 Å². The van der Waals surface area contributed by atoms with Crippen molar-refractivity contribution in [2.75, 3.05) is 13.1 Å². The summed E-state index contributed by atoms with van der Waals surface area (Å²) in [7, 11) is 0. The molecule has 0 aromatic carbocycles. The van der Waals surface area contributed by atoms with Gasteiger partial charge in [0.1, 0.15) is 5.54 Å². The summed E-state index contributed by atoms with van der Waals surface area (Å²) in [5.41, 5.74) is 0.888. The van der Waals surface area contributed by atoms with Gasteiger partial charge in [-0.1, -0.05) is 6.07 Å². The van der Waals surface area contributed by atoms with Gasteiger partial charge in [-0.05, 0) is 69.5 Å². The van der Waals surface area contributed by atoms with Crippen LogP contribution in [0.1, 0.15) is 56.9 Å². The summed E-state index contributed by atoms with van der Waals surface area (Å²) < 4.78 is 0. The van der Waals surface area contributed by atoms with Crippen molar-refractivity contribution in [2.45, 2.75) is 75.6 Å². The molecule has 136 valence electrons. The molecule has 1 atom stereocenters. The normalized spacial score (nSPS) is 34.0. The van der Waals surface area contributed by atoms with Crippen LogP contribution in [0.3, 0.4) is 0 Å². The highest BCUT2D eigenvalue weighted by atomic mass is 16.3. The van der Waals surface area contributed by atoms with Crippen molar-refractivity contribution in [3.63, 3.8) is 0 Å². The van der Waals surface area contributed by atoms with E-state index in [2.05, 4.69) is 20.9 Å². The third-order valence-electron chi connectivity index (χ3n) is 6.48. The number of aliphatic hydroxyl groups excluding tert-OH is 1. The molecule has 1 saturated carbocycles. The van der Waals surface area contributed by atoms with E-state index in [-0.39, 0.29) is 11.6 Å². The van der Waals surface area contributed by atoms with Gasteiger partial charge < -0.3 is 10.0 Å². The van der Waals surface area contributed by atoms with E-state index < -0.39 is 0 Å². The van der Waals surface area contributed by atoms with E-state index in [1.807, 2.05) is 12.3 Å². The van der Waals surface area contributed by atoms with E-state index in [1.54, 1.807) is 6.20 Å². The van der Waals surface area contributed by atoms with Crippen molar-refractivity contribution in [3.8, 4) is 0 Å². The second kappa shape index (κ2) is 7.04. The van der Waals surface area contributed by atoms with Crippen molar-refractivity contribution >= 4 is 5.91 Å². The third-order valence-corrected chi connectivity index (χ3v) is 6.48. The van der Waals surface area contributed by atoms with Crippen molar-refractivity contribution in [1.82, 2.24) is 14.8 Å². The molecule has 1 aliphatic carbocycles. The zero-order valence-corrected chi connectivity index (χ0v) is 14.9. The lowest BCUT2D eigenvalue weighted by Crippen LogP contribution is -2.62. The van der Waals surface area contributed by atoms with Crippen LogP contribution in [0.2, 0.25) is 0 Å². The van der Waals surface area contributed by atoms with Gasteiger partial charge in [-0.25, -0.2) is 0 Å². The molecule has 1 amide bonds. The van der Waals surface area contributed by atoms with Crippen LogP contribution in [-0.2, 0) is 11.3 Å². The first kappa shape index (κ1) is 17.0. The number of hydrogen-bond donors (Lipinski definition) is 1. The van der Waals surface area contributed by atoms with Gasteiger partial charge in [0, 0.05) is 31.5 Å². The number of aromatic nitrogens is 1. The maximum Gasteiger partial charge on any atom is 0.243 e. The fourth-order valence-electron chi connectivity index (χ4n) is 5.14. The van der Waals surface area contributed by atoms with Crippen molar-refractivity contribution in [3.05, 3.63) is 30.1 Å². The molecule has 5 heteroatoms.